The number of rotatable bonds is 6. The molecule has 0 saturated carbocycles. The summed E-state index contributed by atoms with van der Waals surface area (Å²) < 4.78 is 5.50. The number of aliphatic imine (C=N–C) groups is 1. The van der Waals surface area contributed by atoms with Gasteiger partial charge < -0.3 is 9.64 Å². The maximum absolute atomic E-state index is 13.0. The van der Waals surface area contributed by atoms with Gasteiger partial charge in [-0.3, -0.25) is 9.69 Å². The van der Waals surface area contributed by atoms with Crippen LogP contribution < -0.4 is 9.64 Å². The molecular formula is C25H29N3O2S. The smallest absolute Gasteiger partial charge is 0.266 e. The summed E-state index contributed by atoms with van der Waals surface area (Å²) in [5.41, 5.74) is 4.35. The van der Waals surface area contributed by atoms with E-state index >= 15 is 0 Å². The number of nitrogens with zero attached hydrogens (tertiary/aromatic N) is 3. The number of anilines is 1. The number of amidine groups is 1. The molecule has 0 bridgehead atoms. The predicted molar refractivity (Wildman–Crippen MR) is 130 cm³/mol. The third-order valence-corrected chi connectivity index (χ3v) is 6.59. The standard InChI is InChI=1S/C25H29N3O2S/c1-4-28-24(29)23(31-25(28)26-20-9-12-22(13-10-20)30-5-2)17-19-8-11-21(16-18(19)3)27-14-6-7-15-27/h8-13,16-17H,4-7,14-15H2,1-3H3/b23-17-,26-25?. The van der Waals surface area contributed by atoms with Crippen LogP contribution in [-0.2, 0) is 4.79 Å². The maximum Gasteiger partial charge on any atom is 0.266 e. The Morgan fingerprint density at radius 1 is 1.10 bits per heavy atom. The van der Waals surface area contributed by atoms with E-state index in [9.17, 15) is 4.79 Å². The minimum absolute atomic E-state index is 0.0141. The first-order chi connectivity index (χ1) is 15.1. The zero-order valence-electron chi connectivity index (χ0n) is 18.4. The second-order valence-corrected chi connectivity index (χ2v) is 8.73. The van der Waals surface area contributed by atoms with Gasteiger partial charge in [0.1, 0.15) is 5.75 Å². The summed E-state index contributed by atoms with van der Waals surface area (Å²) in [6.07, 6.45) is 4.53. The molecule has 0 atom stereocenters. The first-order valence-electron chi connectivity index (χ1n) is 11.0. The van der Waals surface area contributed by atoms with Crippen LogP contribution in [0.25, 0.3) is 6.08 Å². The van der Waals surface area contributed by atoms with Crippen molar-refractivity contribution >= 4 is 40.3 Å². The highest BCUT2D eigenvalue weighted by Gasteiger charge is 2.32. The molecule has 2 aliphatic rings. The van der Waals surface area contributed by atoms with Crippen molar-refractivity contribution in [3.05, 3.63) is 58.5 Å². The second kappa shape index (κ2) is 9.60. The summed E-state index contributed by atoms with van der Waals surface area (Å²) >= 11 is 1.44. The molecule has 0 radical (unpaired) electrons. The van der Waals surface area contributed by atoms with Gasteiger partial charge in [-0.1, -0.05) is 6.07 Å². The molecule has 2 aromatic carbocycles. The lowest BCUT2D eigenvalue weighted by molar-refractivity contribution is -0.122. The number of likely N-dealkylation sites (N-methyl/N-ethyl adjacent to an activating group) is 1. The lowest BCUT2D eigenvalue weighted by Crippen LogP contribution is -2.28. The molecule has 0 unspecified atom stereocenters. The molecule has 4 rings (SSSR count). The zero-order chi connectivity index (χ0) is 21.8. The third-order valence-electron chi connectivity index (χ3n) is 5.59. The molecule has 2 heterocycles. The van der Waals surface area contributed by atoms with Gasteiger partial charge in [0.05, 0.1) is 17.2 Å². The minimum atomic E-state index is 0.0141. The molecule has 2 saturated heterocycles. The van der Waals surface area contributed by atoms with Gasteiger partial charge in [0.15, 0.2) is 5.17 Å². The van der Waals surface area contributed by atoms with Crippen molar-refractivity contribution in [2.24, 2.45) is 4.99 Å². The molecule has 0 aliphatic carbocycles. The maximum atomic E-state index is 13.0. The molecule has 2 fully saturated rings. The number of hydrogen-bond acceptors (Lipinski definition) is 5. The second-order valence-electron chi connectivity index (χ2n) is 7.72. The average molecular weight is 436 g/mol. The van der Waals surface area contributed by atoms with E-state index in [-0.39, 0.29) is 5.91 Å². The number of aryl methyl sites for hydroxylation is 1. The van der Waals surface area contributed by atoms with Crippen molar-refractivity contribution in [3.8, 4) is 5.75 Å². The molecule has 2 aromatic rings. The summed E-state index contributed by atoms with van der Waals surface area (Å²) in [6.45, 7) is 9.54. The molecule has 1 amide bonds. The van der Waals surface area contributed by atoms with Crippen molar-refractivity contribution in [2.45, 2.75) is 33.6 Å². The number of carbonyl (C=O) groups excluding carboxylic acids is 1. The van der Waals surface area contributed by atoms with Gasteiger partial charge in [-0.15, -0.1) is 0 Å². The highest BCUT2D eigenvalue weighted by Crippen LogP contribution is 2.35. The van der Waals surface area contributed by atoms with Gasteiger partial charge in [-0.2, -0.15) is 0 Å². The van der Waals surface area contributed by atoms with Crippen LogP contribution in [0.4, 0.5) is 11.4 Å². The molecule has 162 valence electrons. The van der Waals surface area contributed by atoms with Crippen molar-refractivity contribution in [1.82, 2.24) is 4.90 Å². The van der Waals surface area contributed by atoms with Gasteiger partial charge in [0.25, 0.3) is 5.91 Å². The highest BCUT2D eigenvalue weighted by atomic mass is 32.2. The number of benzene rings is 2. The number of carbonyl (C=O) groups is 1. The highest BCUT2D eigenvalue weighted by molar-refractivity contribution is 8.18. The van der Waals surface area contributed by atoms with Crippen molar-refractivity contribution in [3.63, 3.8) is 0 Å². The lowest BCUT2D eigenvalue weighted by Gasteiger charge is -2.18. The number of thioether (sulfide) groups is 1. The minimum Gasteiger partial charge on any atom is -0.494 e. The lowest BCUT2D eigenvalue weighted by atomic mass is 10.1. The van der Waals surface area contributed by atoms with E-state index in [4.69, 9.17) is 9.73 Å². The third kappa shape index (κ3) is 4.79. The zero-order valence-corrected chi connectivity index (χ0v) is 19.2. The first kappa shape index (κ1) is 21.5. The van der Waals surface area contributed by atoms with Crippen molar-refractivity contribution in [2.75, 3.05) is 31.1 Å². The Balaban J connectivity index is 1.56. The van der Waals surface area contributed by atoms with E-state index in [1.807, 2.05) is 44.2 Å². The first-order valence-corrected chi connectivity index (χ1v) is 11.8. The Morgan fingerprint density at radius 3 is 2.48 bits per heavy atom. The van der Waals surface area contributed by atoms with E-state index < -0.39 is 0 Å². The summed E-state index contributed by atoms with van der Waals surface area (Å²) in [4.78, 5) is 22.6. The fourth-order valence-electron chi connectivity index (χ4n) is 3.90. The topological polar surface area (TPSA) is 45.1 Å². The quantitative estimate of drug-likeness (QED) is 0.553. The van der Waals surface area contributed by atoms with Crippen molar-refractivity contribution < 1.29 is 9.53 Å². The van der Waals surface area contributed by atoms with Crippen LogP contribution in [-0.4, -0.2) is 42.2 Å². The van der Waals surface area contributed by atoms with E-state index in [0.717, 1.165) is 30.1 Å². The van der Waals surface area contributed by atoms with Crippen LogP contribution in [0.5, 0.6) is 5.75 Å². The van der Waals surface area contributed by atoms with Crippen LogP contribution in [0.15, 0.2) is 52.4 Å². The van der Waals surface area contributed by atoms with E-state index in [1.165, 1.54) is 35.9 Å². The molecule has 5 nitrogen and oxygen atoms in total. The molecular weight excluding hydrogens is 406 g/mol. The number of amides is 1. The fraction of sp³-hybridized carbons (Fsp3) is 0.360. The van der Waals surface area contributed by atoms with Crippen LogP contribution in [0.1, 0.15) is 37.8 Å². The monoisotopic (exact) mass is 435 g/mol. The Bertz CT molecular complexity index is 1010. The largest absolute Gasteiger partial charge is 0.494 e. The van der Waals surface area contributed by atoms with Crippen LogP contribution >= 0.6 is 11.8 Å². The summed E-state index contributed by atoms with van der Waals surface area (Å²) in [5.74, 6) is 0.836. The van der Waals surface area contributed by atoms with E-state index in [0.29, 0.717) is 23.2 Å². The molecule has 0 N–H and O–H groups in total. The van der Waals surface area contributed by atoms with Crippen LogP contribution in [0.2, 0.25) is 0 Å². The fourth-order valence-corrected chi connectivity index (χ4v) is 4.95. The van der Waals surface area contributed by atoms with Crippen LogP contribution in [0.3, 0.4) is 0 Å². The summed E-state index contributed by atoms with van der Waals surface area (Å²) in [5, 5.41) is 0.717. The predicted octanol–water partition coefficient (Wildman–Crippen LogP) is 5.62. The van der Waals surface area contributed by atoms with Crippen LogP contribution in [0, 0.1) is 6.92 Å². The van der Waals surface area contributed by atoms with Gasteiger partial charge in [0.2, 0.25) is 0 Å². The van der Waals surface area contributed by atoms with E-state index in [2.05, 4.69) is 30.0 Å². The van der Waals surface area contributed by atoms with Gasteiger partial charge in [-0.05, 0) is 99.0 Å². The summed E-state index contributed by atoms with van der Waals surface area (Å²) in [7, 11) is 0. The normalized spacial score (nSPS) is 19.1. The Labute approximate surface area is 188 Å². The Kier molecular flexibility index (Phi) is 6.66. The molecule has 0 aromatic heterocycles. The molecule has 0 spiro atoms. The van der Waals surface area contributed by atoms with Crippen molar-refractivity contribution in [1.29, 1.82) is 0 Å². The van der Waals surface area contributed by atoms with Gasteiger partial charge >= 0.3 is 0 Å². The molecule has 6 heteroatoms. The summed E-state index contributed by atoms with van der Waals surface area (Å²) in [6, 6.07) is 14.2. The van der Waals surface area contributed by atoms with Gasteiger partial charge in [-0.25, -0.2) is 4.99 Å². The number of hydrogen-bond donors (Lipinski definition) is 0. The average Bonchev–Trinajstić information content (AvgIpc) is 3.40. The molecule has 2 aliphatic heterocycles. The molecule has 31 heavy (non-hydrogen) atoms. The van der Waals surface area contributed by atoms with E-state index in [1.54, 1.807) is 4.90 Å². The van der Waals surface area contributed by atoms with Gasteiger partial charge in [0, 0.05) is 25.3 Å². The Morgan fingerprint density at radius 2 is 1.84 bits per heavy atom. The number of ether oxygens (including phenoxy) is 1. The SMILES string of the molecule is CCOc1ccc(N=C2S/C(=C\c3ccc(N4CCCC4)cc3C)C(=O)N2CC)cc1. The Hall–Kier alpha value is -2.73.